The third kappa shape index (κ3) is 2.31. The maximum absolute atomic E-state index is 14.5. The van der Waals surface area contributed by atoms with Crippen LogP contribution in [0.1, 0.15) is 49.7 Å². The van der Waals surface area contributed by atoms with Gasteiger partial charge in [0.15, 0.2) is 11.6 Å². The fraction of sp³-hybridized carbons (Fsp3) is 0.571. The van der Waals surface area contributed by atoms with Crippen LogP contribution >= 0.6 is 22.6 Å². The average Bonchev–Trinajstić information content (AvgIpc) is 2.89. The summed E-state index contributed by atoms with van der Waals surface area (Å²) in [5.41, 5.74) is 0.392. The van der Waals surface area contributed by atoms with Gasteiger partial charge in [-0.15, -0.1) is 0 Å². The number of phenols is 1. The quantitative estimate of drug-likeness (QED) is 0.583. The summed E-state index contributed by atoms with van der Waals surface area (Å²) in [6, 6.07) is 5.71. The summed E-state index contributed by atoms with van der Waals surface area (Å²) >= 11 is 2.15. The van der Waals surface area contributed by atoms with Crippen molar-refractivity contribution in [2.45, 2.75) is 50.5 Å². The molecule has 2 N–H and O–H groups in total. The molecule has 2 saturated carbocycles. The van der Waals surface area contributed by atoms with Gasteiger partial charge in [0.25, 0.3) is 0 Å². The Morgan fingerprint density at radius 3 is 2.81 bits per heavy atom. The number of halogens is 2. The minimum Gasteiger partial charge on any atom is -0.505 e. The van der Waals surface area contributed by atoms with Crippen LogP contribution in [0.4, 0.5) is 4.39 Å². The molecule has 0 heterocycles. The highest BCUT2D eigenvalue weighted by atomic mass is 127. The van der Waals surface area contributed by atoms with Crippen LogP contribution in [0.25, 0.3) is 0 Å². The van der Waals surface area contributed by atoms with Gasteiger partial charge >= 0.3 is 0 Å². The Bertz CT molecular complexity index is 819. The highest BCUT2D eigenvalue weighted by Gasteiger charge is 2.62. The number of rotatable bonds is 1. The molecule has 6 atom stereocenters. The fourth-order valence-electron chi connectivity index (χ4n) is 6.22. The summed E-state index contributed by atoms with van der Waals surface area (Å²) in [5.74, 6) is -0.672. The third-order valence-corrected chi connectivity index (χ3v) is 7.96. The van der Waals surface area contributed by atoms with Crippen molar-refractivity contribution in [3.05, 3.63) is 39.2 Å². The molecule has 0 saturated heterocycles. The summed E-state index contributed by atoms with van der Waals surface area (Å²) in [4.78, 5) is 0. The summed E-state index contributed by atoms with van der Waals surface area (Å²) in [6.45, 7) is 2.17. The lowest BCUT2D eigenvalue weighted by Gasteiger charge is -2.53. The van der Waals surface area contributed by atoms with Crippen molar-refractivity contribution < 1.29 is 14.6 Å². The van der Waals surface area contributed by atoms with E-state index in [9.17, 15) is 19.9 Å². The lowest BCUT2D eigenvalue weighted by Crippen LogP contribution is -2.51. The fourth-order valence-corrected chi connectivity index (χ4v) is 6.81. The Hall–Kier alpha value is -1.13. The van der Waals surface area contributed by atoms with E-state index >= 15 is 0 Å². The van der Waals surface area contributed by atoms with E-state index in [1.54, 1.807) is 0 Å². The monoisotopic (exact) mass is 467 g/mol. The average molecular weight is 467 g/mol. The number of hydrogen-bond acceptors (Lipinski definition) is 3. The number of aromatic hydroxyl groups is 1. The van der Waals surface area contributed by atoms with E-state index in [0.717, 1.165) is 24.8 Å². The topological polar surface area (TPSA) is 64.2 Å². The Labute approximate surface area is 167 Å². The SMILES string of the molecule is C[C@]12CCC3c4ccc(O)c(F)c4C[C@@H](C#N)C3C1CC[C@@]2(O)/C=C/I. The Morgan fingerprint density at radius 1 is 1.35 bits per heavy atom. The number of nitrogens with zero attached hydrogens (tertiary/aromatic N) is 1. The molecule has 0 aromatic heterocycles. The summed E-state index contributed by atoms with van der Waals surface area (Å²) in [7, 11) is 0. The first-order valence-corrected chi connectivity index (χ1v) is 10.5. The number of phenolic OH excluding ortho intramolecular Hbond substituents is 1. The zero-order chi connectivity index (χ0) is 18.7. The molecule has 138 valence electrons. The largest absolute Gasteiger partial charge is 0.505 e. The van der Waals surface area contributed by atoms with Crippen LogP contribution < -0.4 is 0 Å². The highest BCUT2D eigenvalue weighted by molar-refractivity contribution is 14.1. The second-order valence-electron chi connectivity index (χ2n) is 8.41. The van der Waals surface area contributed by atoms with Crippen LogP contribution in [0.2, 0.25) is 0 Å². The minimum atomic E-state index is -0.829. The number of nitriles is 1. The molecule has 0 aliphatic heterocycles. The minimum absolute atomic E-state index is 0.127. The zero-order valence-electron chi connectivity index (χ0n) is 14.8. The maximum Gasteiger partial charge on any atom is 0.168 e. The third-order valence-electron chi connectivity index (χ3n) is 7.60. The maximum atomic E-state index is 14.5. The molecule has 5 heteroatoms. The molecular formula is C21H23FINO2. The van der Waals surface area contributed by atoms with Gasteiger partial charge in [-0.05, 0) is 77.2 Å². The van der Waals surface area contributed by atoms with Crippen molar-refractivity contribution in [3.63, 3.8) is 0 Å². The van der Waals surface area contributed by atoms with Gasteiger partial charge in [-0.25, -0.2) is 4.39 Å². The summed E-state index contributed by atoms with van der Waals surface area (Å²) in [6.07, 6.45) is 5.57. The standard InChI is InChI=1S/C21H23FINO2/c1-20-6-4-14-13-2-3-17(25)19(22)15(13)10-12(11-24)18(14)16(20)5-7-21(20,26)8-9-23/h2-3,8-9,12,14,16,18,25-26H,4-7,10H2,1H3/b9-8+/t12-,14?,16?,18?,20-,21+/m0/s1. The normalized spacial score (nSPS) is 41.3. The van der Waals surface area contributed by atoms with E-state index in [2.05, 4.69) is 35.6 Å². The summed E-state index contributed by atoms with van der Waals surface area (Å²) < 4.78 is 16.4. The number of hydrogen-bond donors (Lipinski definition) is 2. The number of fused-ring (bicyclic) bond motifs is 5. The van der Waals surface area contributed by atoms with Crippen LogP contribution in [0.15, 0.2) is 22.3 Å². The smallest absolute Gasteiger partial charge is 0.168 e. The molecule has 1 aromatic carbocycles. The summed E-state index contributed by atoms with van der Waals surface area (Å²) in [5, 5.41) is 30.9. The van der Waals surface area contributed by atoms with Gasteiger partial charge in [-0.2, -0.15) is 5.26 Å². The second-order valence-corrected chi connectivity index (χ2v) is 9.13. The molecule has 2 fully saturated rings. The molecule has 0 bridgehead atoms. The van der Waals surface area contributed by atoms with Gasteiger partial charge in [-0.1, -0.05) is 35.6 Å². The van der Waals surface area contributed by atoms with Crippen molar-refractivity contribution >= 4 is 22.6 Å². The van der Waals surface area contributed by atoms with Crippen molar-refractivity contribution in [3.8, 4) is 11.8 Å². The zero-order valence-corrected chi connectivity index (χ0v) is 16.9. The van der Waals surface area contributed by atoms with Crippen molar-refractivity contribution in [2.75, 3.05) is 0 Å². The molecule has 0 spiro atoms. The Kier molecular flexibility index (Phi) is 4.35. The van der Waals surface area contributed by atoms with Gasteiger partial charge < -0.3 is 10.2 Å². The molecule has 0 radical (unpaired) electrons. The lowest BCUT2D eigenvalue weighted by molar-refractivity contribution is -0.0763. The van der Waals surface area contributed by atoms with E-state index in [1.807, 2.05) is 16.2 Å². The van der Waals surface area contributed by atoms with E-state index < -0.39 is 11.4 Å². The van der Waals surface area contributed by atoms with E-state index in [-0.39, 0.29) is 34.8 Å². The van der Waals surface area contributed by atoms with Crippen molar-refractivity contribution in [2.24, 2.45) is 23.2 Å². The van der Waals surface area contributed by atoms with Crippen LogP contribution in [-0.4, -0.2) is 15.8 Å². The molecule has 3 nitrogen and oxygen atoms in total. The van der Waals surface area contributed by atoms with Gasteiger partial charge in [0.1, 0.15) is 0 Å². The molecule has 3 unspecified atom stereocenters. The second kappa shape index (κ2) is 6.20. The first kappa shape index (κ1) is 18.2. The molecular weight excluding hydrogens is 444 g/mol. The first-order valence-electron chi connectivity index (χ1n) is 9.26. The van der Waals surface area contributed by atoms with Crippen LogP contribution in [0, 0.1) is 40.3 Å². The Balaban J connectivity index is 1.80. The van der Waals surface area contributed by atoms with Gasteiger partial charge in [0.2, 0.25) is 0 Å². The number of benzene rings is 1. The molecule has 1 aromatic rings. The highest BCUT2D eigenvalue weighted by Crippen LogP contribution is 2.65. The van der Waals surface area contributed by atoms with Crippen LogP contribution in [-0.2, 0) is 6.42 Å². The van der Waals surface area contributed by atoms with Crippen LogP contribution in [0.3, 0.4) is 0 Å². The lowest BCUT2D eigenvalue weighted by atomic mass is 9.51. The molecule has 26 heavy (non-hydrogen) atoms. The van der Waals surface area contributed by atoms with Gasteiger partial charge in [-0.3, -0.25) is 0 Å². The first-order chi connectivity index (χ1) is 12.4. The predicted octanol–water partition coefficient (Wildman–Crippen LogP) is 4.82. The predicted molar refractivity (Wildman–Crippen MR) is 105 cm³/mol. The van der Waals surface area contributed by atoms with E-state index in [1.165, 1.54) is 6.07 Å². The van der Waals surface area contributed by atoms with E-state index in [0.29, 0.717) is 18.4 Å². The number of aliphatic hydroxyl groups is 1. The van der Waals surface area contributed by atoms with E-state index in [4.69, 9.17) is 0 Å². The van der Waals surface area contributed by atoms with Gasteiger partial charge in [0.05, 0.1) is 17.6 Å². The van der Waals surface area contributed by atoms with Crippen molar-refractivity contribution in [1.82, 2.24) is 0 Å². The molecule has 0 amide bonds. The molecule has 3 aliphatic carbocycles. The Morgan fingerprint density at radius 2 is 2.12 bits per heavy atom. The van der Waals surface area contributed by atoms with Gasteiger partial charge in [0, 0.05) is 5.41 Å². The van der Waals surface area contributed by atoms with Crippen molar-refractivity contribution in [1.29, 1.82) is 5.26 Å². The molecule has 4 rings (SSSR count). The van der Waals surface area contributed by atoms with Crippen LogP contribution in [0.5, 0.6) is 5.75 Å². The molecule has 3 aliphatic rings.